The van der Waals surface area contributed by atoms with Crippen LogP contribution < -0.4 is 16.6 Å². The first-order valence-corrected chi connectivity index (χ1v) is 6.18. The van der Waals surface area contributed by atoms with E-state index in [0.29, 0.717) is 10.1 Å². The van der Waals surface area contributed by atoms with Crippen molar-refractivity contribution in [1.82, 2.24) is 20.4 Å². The highest BCUT2D eigenvalue weighted by atomic mass is 32.1. The van der Waals surface area contributed by atoms with Crippen molar-refractivity contribution in [1.29, 1.82) is 0 Å². The molecule has 0 atom stereocenters. The molecule has 0 bridgehead atoms. The van der Waals surface area contributed by atoms with Gasteiger partial charge in [-0.15, -0.1) is 10.2 Å². The number of hydrogen-bond acceptors (Lipinski definition) is 7. The van der Waals surface area contributed by atoms with E-state index in [1.165, 1.54) is 23.5 Å². The van der Waals surface area contributed by atoms with Crippen LogP contribution >= 0.6 is 11.3 Å². The van der Waals surface area contributed by atoms with E-state index in [1.54, 1.807) is 13.8 Å². The van der Waals surface area contributed by atoms with Crippen LogP contribution in [0.1, 0.15) is 29.3 Å². The molecule has 0 fully saturated rings. The van der Waals surface area contributed by atoms with Crippen LogP contribution in [-0.2, 0) is 5.54 Å². The topological polar surface area (TPSA) is 127 Å². The number of hydrogen-bond donors (Lipinski definition) is 3. The molecule has 2 aromatic rings. The Morgan fingerprint density at radius 1 is 1.42 bits per heavy atom. The van der Waals surface area contributed by atoms with Crippen molar-refractivity contribution < 1.29 is 4.79 Å². The second-order valence-corrected chi connectivity index (χ2v) is 5.37. The van der Waals surface area contributed by atoms with Crippen LogP contribution in [-0.4, -0.2) is 26.3 Å². The van der Waals surface area contributed by atoms with E-state index in [9.17, 15) is 9.59 Å². The van der Waals surface area contributed by atoms with Gasteiger partial charge in [-0.25, -0.2) is 5.10 Å². The third-order valence-corrected chi connectivity index (χ3v) is 3.29. The average Bonchev–Trinajstić information content (AvgIpc) is 2.78. The molecular weight excluding hydrogens is 268 g/mol. The summed E-state index contributed by atoms with van der Waals surface area (Å²) < 4.78 is 0. The number of nitrogens with two attached hydrogens (primary N) is 1. The number of anilines is 1. The minimum atomic E-state index is -0.614. The maximum atomic E-state index is 11.8. The van der Waals surface area contributed by atoms with Crippen molar-refractivity contribution in [2.45, 2.75) is 19.4 Å². The summed E-state index contributed by atoms with van der Waals surface area (Å²) in [6.45, 7) is 3.59. The van der Waals surface area contributed by atoms with E-state index >= 15 is 0 Å². The van der Waals surface area contributed by atoms with Crippen LogP contribution in [0.5, 0.6) is 0 Å². The Morgan fingerprint density at radius 3 is 2.68 bits per heavy atom. The average molecular weight is 280 g/mol. The molecule has 1 amide bonds. The van der Waals surface area contributed by atoms with Crippen molar-refractivity contribution in [2.75, 3.05) is 5.32 Å². The number of carbonyl (C=O) groups is 1. The highest BCUT2D eigenvalue weighted by Gasteiger charge is 2.20. The lowest BCUT2D eigenvalue weighted by Crippen LogP contribution is -2.28. The minimum absolute atomic E-state index is 0.0864. The standard InChI is InChI=1S/C10H12N6O2S/c1-10(2,11)8-15-16-9(19-8)12-7(18)5-3-4-6(17)14-13-5/h3-4H,11H2,1-2H3,(H,14,17)(H,12,16,18). The van der Waals surface area contributed by atoms with E-state index in [0.717, 1.165) is 0 Å². The first-order chi connectivity index (χ1) is 8.86. The van der Waals surface area contributed by atoms with Crippen LogP contribution in [0.3, 0.4) is 0 Å². The molecule has 0 aliphatic heterocycles. The van der Waals surface area contributed by atoms with E-state index < -0.39 is 11.4 Å². The summed E-state index contributed by atoms with van der Waals surface area (Å²) in [6.07, 6.45) is 0. The summed E-state index contributed by atoms with van der Waals surface area (Å²) in [5.74, 6) is -0.478. The molecule has 0 radical (unpaired) electrons. The molecule has 0 saturated heterocycles. The molecule has 0 aromatic carbocycles. The molecule has 8 nitrogen and oxygen atoms in total. The summed E-state index contributed by atoms with van der Waals surface area (Å²) in [5.41, 5.74) is 4.97. The third kappa shape index (κ3) is 3.20. The molecule has 0 spiro atoms. The Balaban J connectivity index is 2.13. The molecule has 0 aliphatic carbocycles. The molecule has 0 unspecified atom stereocenters. The number of aromatic nitrogens is 4. The smallest absolute Gasteiger partial charge is 0.277 e. The van der Waals surface area contributed by atoms with Gasteiger partial charge in [-0.2, -0.15) is 5.10 Å². The van der Waals surface area contributed by atoms with Gasteiger partial charge in [0, 0.05) is 6.07 Å². The van der Waals surface area contributed by atoms with E-state index in [-0.39, 0.29) is 11.3 Å². The molecule has 0 saturated carbocycles. The Labute approximate surface area is 112 Å². The van der Waals surface area contributed by atoms with Gasteiger partial charge in [-0.3, -0.25) is 14.9 Å². The molecule has 100 valence electrons. The third-order valence-electron chi connectivity index (χ3n) is 2.11. The van der Waals surface area contributed by atoms with Crippen LogP contribution in [0.4, 0.5) is 5.13 Å². The first kappa shape index (κ1) is 13.3. The molecule has 2 aromatic heterocycles. The van der Waals surface area contributed by atoms with Gasteiger partial charge < -0.3 is 5.73 Å². The Hall–Kier alpha value is -2.13. The van der Waals surface area contributed by atoms with E-state index in [4.69, 9.17) is 5.73 Å². The van der Waals surface area contributed by atoms with Gasteiger partial charge in [0.15, 0.2) is 0 Å². The van der Waals surface area contributed by atoms with Crippen LogP contribution in [0.2, 0.25) is 0 Å². The molecule has 2 heterocycles. The fourth-order valence-corrected chi connectivity index (χ4v) is 1.92. The zero-order valence-corrected chi connectivity index (χ0v) is 11.1. The fourth-order valence-electron chi connectivity index (χ4n) is 1.17. The normalized spacial score (nSPS) is 11.3. The molecular formula is C10H12N6O2S. The zero-order valence-electron chi connectivity index (χ0n) is 10.3. The lowest BCUT2D eigenvalue weighted by atomic mass is 10.1. The number of rotatable bonds is 3. The lowest BCUT2D eigenvalue weighted by Gasteiger charge is -2.12. The first-order valence-electron chi connectivity index (χ1n) is 5.36. The quantitative estimate of drug-likeness (QED) is 0.730. The Kier molecular flexibility index (Phi) is 3.40. The van der Waals surface area contributed by atoms with Gasteiger partial charge in [0.1, 0.15) is 10.7 Å². The predicted octanol–water partition coefficient (Wildman–Crippen LogP) is 0.0675. The summed E-state index contributed by atoms with van der Waals surface area (Å²) in [6, 6.07) is 2.54. The number of nitrogens with one attached hydrogen (secondary N) is 2. The van der Waals surface area contributed by atoms with E-state index in [1.807, 2.05) is 0 Å². The van der Waals surface area contributed by atoms with Gasteiger partial charge in [0.2, 0.25) is 5.13 Å². The second kappa shape index (κ2) is 4.86. The summed E-state index contributed by atoms with van der Waals surface area (Å²) in [7, 11) is 0. The number of nitrogens with zero attached hydrogens (tertiary/aromatic N) is 3. The van der Waals surface area contributed by atoms with Gasteiger partial charge in [-0.1, -0.05) is 11.3 Å². The zero-order chi connectivity index (χ0) is 14.0. The van der Waals surface area contributed by atoms with E-state index in [2.05, 4.69) is 25.7 Å². The van der Waals surface area contributed by atoms with Crippen LogP contribution in [0.25, 0.3) is 0 Å². The summed E-state index contributed by atoms with van der Waals surface area (Å²) in [4.78, 5) is 22.6. The predicted molar refractivity (Wildman–Crippen MR) is 69.9 cm³/mol. The van der Waals surface area contributed by atoms with Crippen molar-refractivity contribution >= 4 is 22.4 Å². The van der Waals surface area contributed by atoms with Gasteiger partial charge in [-0.05, 0) is 19.9 Å². The number of aromatic amines is 1. The number of H-pyrrole nitrogens is 1. The molecule has 2 rings (SSSR count). The summed E-state index contributed by atoms with van der Waals surface area (Å²) >= 11 is 1.19. The number of amides is 1. The van der Waals surface area contributed by atoms with Gasteiger partial charge in [0.05, 0.1) is 5.54 Å². The minimum Gasteiger partial charge on any atom is -0.320 e. The molecule has 0 aliphatic rings. The molecule has 4 N–H and O–H groups in total. The molecule has 9 heteroatoms. The second-order valence-electron chi connectivity index (χ2n) is 4.39. The van der Waals surface area contributed by atoms with Crippen molar-refractivity contribution in [3.8, 4) is 0 Å². The van der Waals surface area contributed by atoms with Crippen molar-refractivity contribution in [3.05, 3.63) is 33.2 Å². The van der Waals surface area contributed by atoms with Gasteiger partial charge in [0.25, 0.3) is 11.5 Å². The monoisotopic (exact) mass is 280 g/mol. The Morgan fingerprint density at radius 2 is 2.16 bits per heavy atom. The highest BCUT2D eigenvalue weighted by molar-refractivity contribution is 7.15. The molecule has 19 heavy (non-hydrogen) atoms. The largest absolute Gasteiger partial charge is 0.320 e. The fraction of sp³-hybridized carbons (Fsp3) is 0.300. The van der Waals surface area contributed by atoms with Crippen molar-refractivity contribution in [2.24, 2.45) is 5.73 Å². The van der Waals surface area contributed by atoms with Gasteiger partial charge >= 0.3 is 0 Å². The lowest BCUT2D eigenvalue weighted by molar-refractivity contribution is 0.102. The van der Waals surface area contributed by atoms with Crippen LogP contribution in [0, 0.1) is 0 Å². The van der Waals surface area contributed by atoms with Crippen molar-refractivity contribution in [3.63, 3.8) is 0 Å². The SMILES string of the molecule is CC(C)(N)c1nnc(NC(=O)c2ccc(=O)[nH]n2)s1. The summed E-state index contributed by atoms with van der Waals surface area (Å²) in [5, 5.41) is 17.0. The van der Waals surface area contributed by atoms with Crippen LogP contribution in [0.15, 0.2) is 16.9 Å². The maximum Gasteiger partial charge on any atom is 0.277 e. The highest BCUT2D eigenvalue weighted by Crippen LogP contribution is 2.24. The Bertz CT molecular complexity index is 636. The maximum absolute atomic E-state index is 11.8. The number of carbonyl (C=O) groups excluding carboxylic acids is 1.